The molecule has 1 amide bonds. The average molecular weight is 243 g/mol. The molecule has 0 spiro atoms. The van der Waals surface area contributed by atoms with Crippen molar-refractivity contribution in [3.8, 4) is 0 Å². The Labute approximate surface area is 104 Å². The van der Waals surface area contributed by atoms with E-state index >= 15 is 0 Å². The maximum atomic E-state index is 11.7. The van der Waals surface area contributed by atoms with Crippen LogP contribution in [0.3, 0.4) is 0 Å². The molecule has 0 aromatic rings. The second kappa shape index (κ2) is 7.63. The van der Waals surface area contributed by atoms with Crippen LogP contribution in [-0.4, -0.2) is 56.7 Å². The summed E-state index contributed by atoms with van der Waals surface area (Å²) in [5.74, 6) is 0.784. The Morgan fingerprint density at radius 2 is 2.35 bits per heavy atom. The summed E-state index contributed by atoms with van der Waals surface area (Å²) in [5.41, 5.74) is 5.76. The molecule has 1 saturated heterocycles. The number of hydrogen-bond donors (Lipinski definition) is 2. The largest absolute Gasteiger partial charge is 0.383 e. The summed E-state index contributed by atoms with van der Waals surface area (Å²) in [6.07, 6.45) is 2.25. The number of carbonyl (C=O) groups is 1. The standard InChI is InChI=1S/C12H25N3O2/c1-10-3-5-15(11(7-10)8-13)9-12(16)14-4-6-17-2/h10-11H,3-9,13H2,1-2H3,(H,14,16). The zero-order valence-corrected chi connectivity index (χ0v) is 10.9. The van der Waals surface area contributed by atoms with Crippen LogP contribution >= 0.6 is 0 Å². The van der Waals surface area contributed by atoms with Crippen LogP contribution < -0.4 is 11.1 Å². The van der Waals surface area contributed by atoms with Gasteiger partial charge in [-0.15, -0.1) is 0 Å². The van der Waals surface area contributed by atoms with Gasteiger partial charge in [-0.2, -0.15) is 0 Å². The number of nitrogens with one attached hydrogen (secondary N) is 1. The van der Waals surface area contributed by atoms with Crippen LogP contribution in [-0.2, 0) is 9.53 Å². The summed E-state index contributed by atoms with van der Waals surface area (Å²) in [7, 11) is 1.63. The minimum atomic E-state index is 0.0649. The van der Waals surface area contributed by atoms with Gasteiger partial charge in [0, 0.05) is 26.2 Å². The molecule has 0 aromatic carbocycles. The minimum absolute atomic E-state index is 0.0649. The van der Waals surface area contributed by atoms with E-state index < -0.39 is 0 Å². The van der Waals surface area contributed by atoms with E-state index in [9.17, 15) is 4.79 Å². The highest BCUT2D eigenvalue weighted by atomic mass is 16.5. The molecule has 1 fully saturated rings. The molecule has 0 bridgehead atoms. The van der Waals surface area contributed by atoms with Gasteiger partial charge in [0.05, 0.1) is 13.2 Å². The maximum Gasteiger partial charge on any atom is 0.234 e. The van der Waals surface area contributed by atoms with Crippen molar-refractivity contribution in [1.82, 2.24) is 10.2 Å². The van der Waals surface area contributed by atoms with Gasteiger partial charge in [-0.25, -0.2) is 0 Å². The normalized spacial score (nSPS) is 25.8. The molecule has 5 heteroatoms. The van der Waals surface area contributed by atoms with Gasteiger partial charge in [0.1, 0.15) is 0 Å². The van der Waals surface area contributed by atoms with Crippen LogP contribution in [0.5, 0.6) is 0 Å². The van der Waals surface area contributed by atoms with E-state index in [0.29, 0.717) is 32.3 Å². The molecule has 2 atom stereocenters. The van der Waals surface area contributed by atoms with Gasteiger partial charge in [0.15, 0.2) is 0 Å². The summed E-state index contributed by atoms with van der Waals surface area (Å²) in [5, 5.41) is 2.84. The average Bonchev–Trinajstić information content (AvgIpc) is 2.32. The van der Waals surface area contributed by atoms with Crippen LogP contribution in [0.2, 0.25) is 0 Å². The predicted octanol–water partition coefficient (Wildman–Crippen LogP) is -0.192. The molecule has 2 unspecified atom stereocenters. The first-order chi connectivity index (χ1) is 8.17. The second-order valence-corrected chi connectivity index (χ2v) is 4.83. The summed E-state index contributed by atoms with van der Waals surface area (Å²) in [4.78, 5) is 13.9. The highest BCUT2D eigenvalue weighted by molar-refractivity contribution is 5.78. The van der Waals surface area contributed by atoms with Crippen molar-refractivity contribution >= 4 is 5.91 Å². The van der Waals surface area contributed by atoms with E-state index in [4.69, 9.17) is 10.5 Å². The smallest absolute Gasteiger partial charge is 0.234 e. The number of ether oxygens (including phenoxy) is 1. The zero-order valence-electron chi connectivity index (χ0n) is 10.9. The quantitative estimate of drug-likeness (QED) is 0.634. The van der Waals surface area contributed by atoms with Crippen molar-refractivity contribution in [2.75, 3.05) is 39.9 Å². The zero-order chi connectivity index (χ0) is 12.7. The molecule has 1 aliphatic heterocycles. The number of amides is 1. The Morgan fingerprint density at radius 1 is 1.59 bits per heavy atom. The number of piperidine rings is 1. The minimum Gasteiger partial charge on any atom is -0.383 e. The lowest BCUT2D eigenvalue weighted by molar-refractivity contribution is -0.123. The fourth-order valence-electron chi connectivity index (χ4n) is 2.29. The van der Waals surface area contributed by atoms with E-state index in [1.807, 2.05) is 0 Å². The first kappa shape index (κ1) is 14.4. The summed E-state index contributed by atoms with van der Waals surface area (Å²) in [6, 6.07) is 0.354. The SMILES string of the molecule is COCCNC(=O)CN1CCC(C)CC1CN. The van der Waals surface area contributed by atoms with Crippen LogP contribution in [0, 0.1) is 5.92 Å². The van der Waals surface area contributed by atoms with Crippen LogP contribution in [0.4, 0.5) is 0 Å². The number of nitrogens with two attached hydrogens (primary N) is 1. The van der Waals surface area contributed by atoms with Crippen molar-refractivity contribution in [1.29, 1.82) is 0 Å². The van der Waals surface area contributed by atoms with E-state index in [1.54, 1.807) is 7.11 Å². The van der Waals surface area contributed by atoms with Gasteiger partial charge in [0.2, 0.25) is 5.91 Å². The molecule has 5 nitrogen and oxygen atoms in total. The number of carbonyl (C=O) groups excluding carboxylic acids is 1. The molecule has 0 radical (unpaired) electrons. The van der Waals surface area contributed by atoms with Crippen molar-refractivity contribution in [3.63, 3.8) is 0 Å². The van der Waals surface area contributed by atoms with Gasteiger partial charge in [-0.1, -0.05) is 6.92 Å². The molecule has 0 aromatic heterocycles. The monoisotopic (exact) mass is 243 g/mol. The molecule has 0 aliphatic carbocycles. The van der Waals surface area contributed by atoms with Crippen LogP contribution in [0.15, 0.2) is 0 Å². The van der Waals surface area contributed by atoms with Crippen molar-refractivity contribution in [2.24, 2.45) is 11.7 Å². The van der Waals surface area contributed by atoms with Gasteiger partial charge >= 0.3 is 0 Å². The first-order valence-electron chi connectivity index (χ1n) is 6.37. The predicted molar refractivity (Wildman–Crippen MR) is 67.7 cm³/mol. The lowest BCUT2D eigenvalue weighted by atomic mass is 9.92. The summed E-state index contributed by atoms with van der Waals surface area (Å²) in [6.45, 7) is 5.45. The van der Waals surface area contributed by atoms with Crippen molar-refractivity contribution < 1.29 is 9.53 Å². The number of methoxy groups -OCH3 is 1. The highest BCUT2D eigenvalue weighted by Crippen LogP contribution is 2.21. The van der Waals surface area contributed by atoms with Gasteiger partial charge in [-0.3, -0.25) is 9.69 Å². The van der Waals surface area contributed by atoms with Gasteiger partial charge in [-0.05, 0) is 25.3 Å². The maximum absolute atomic E-state index is 11.7. The number of nitrogens with zero attached hydrogens (tertiary/aromatic N) is 1. The van der Waals surface area contributed by atoms with E-state index in [1.165, 1.54) is 0 Å². The van der Waals surface area contributed by atoms with E-state index in [0.717, 1.165) is 25.3 Å². The highest BCUT2D eigenvalue weighted by Gasteiger charge is 2.26. The van der Waals surface area contributed by atoms with Crippen molar-refractivity contribution in [2.45, 2.75) is 25.8 Å². The summed E-state index contributed by atoms with van der Waals surface area (Å²) < 4.78 is 4.89. The Morgan fingerprint density at radius 3 is 3.00 bits per heavy atom. The fraction of sp³-hybridized carbons (Fsp3) is 0.917. The van der Waals surface area contributed by atoms with E-state index in [-0.39, 0.29) is 5.91 Å². The van der Waals surface area contributed by atoms with Crippen molar-refractivity contribution in [3.05, 3.63) is 0 Å². The van der Waals surface area contributed by atoms with Crippen LogP contribution in [0.25, 0.3) is 0 Å². The summed E-state index contributed by atoms with van der Waals surface area (Å²) >= 11 is 0. The Hall–Kier alpha value is -0.650. The third-order valence-electron chi connectivity index (χ3n) is 3.35. The molecule has 1 aliphatic rings. The fourth-order valence-corrected chi connectivity index (χ4v) is 2.29. The lowest BCUT2D eigenvalue weighted by Gasteiger charge is -2.37. The first-order valence-corrected chi connectivity index (χ1v) is 6.37. The molecular weight excluding hydrogens is 218 g/mol. The molecule has 17 heavy (non-hydrogen) atoms. The molecule has 1 rings (SSSR count). The third kappa shape index (κ3) is 5.02. The molecule has 100 valence electrons. The van der Waals surface area contributed by atoms with Crippen LogP contribution in [0.1, 0.15) is 19.8 Å². The number of hydrogen-bond acceptors (Lipinski definition) is 4. The molecule has 3 N–H and O–H groups in total. The lowest BCUT2D eigenvalue weighted by Crippen LogP contribution is -2.50. The molecular formula is C12H25N3O2. The van der Waals surface area contributed by atoms with E-state index in [2.05, 4.69) is 17.1 Å². The Balaban J connectivity index is 2.31. The van der Waals surface area contributed by atoms with Gasteiger partial charge in [0.25, 0.3) is 0 Å². The Bertz CT molecular complexity index is 236. The number of likely N-dealkylation sites (tertiary alicyclic amines) is 1. The third-order valence-corrected chi connectivity index (χ3v) is 3.35. The second-order valence-electron chi connectivity index (χ2n) is 4.83. The van der Waals surface area contributed by atoms with Gasteiger partial charge < -0.3 is 15.8 Å². The molecule has 1 heterocycles. The molecule has 0 saturated carbocycles. The topological polar surface area (TPSA) is 67.6 Å². The number of rotatable bonds is 6. The Kier molecular flexibility index (Phi) is 6.47.